The summed E-state index contributed by atoms with van der Waals surface area (Å²) in [6, 6.07) is 10.2. The lowest BCUT2D eigenvalue weighted by Crippen LogP contribution is -2.29. The molecule has 2 rings (SSSR count). The molecule has 1 aromatic rings. The van der Waals surface area contributed by atoms with Crippen LogP contribution in [0.3, 0.4) is 0 Å². The second-order valence-corrected chi connectivity index (χ2v) is 4.72. The molecule has 0 amide bonds. The molecule has 0 saturated carbocycles. The Hall–Kier alpha value is -1.57. The monoisotopic (exact) mass is 230 g/mol. The Bertz CT molecular complexity index is 422. The molecule has 0 aromatic heterocycles. The van der Waals surface area contributed by atoms with Crippen LogP contribution in [0.25, 0.3) is 0 Å². The highest BCUT2D eigenvalue weighted by molar-refractivity contribution is 5.80. The van der Waals surface area contributed by atoms with Gasteiger partial charge < -0.3 is 4.74 Å². The first-order valence-corrected chi connectivity index (χ1v) is 6.03. The molecule has 2 atom stereocenters. The predicted molar refractivity (Wildman–Crippen MR) is 67.7 cm³/mol. The molecule has 2 heteroatoms. The predicted octanol–water partition coefficient (Wildman–Crippen LogP) is 3.30. The van der Waals surface area contributed by atoms with Gasteiger partial charge in [0.15, 0.2) is 0 Å². The molecule has 2 nitrogen and oxygen atoms in total. The van der Waals surface area contributed by atoms with E-state index in [1.165, 1.54) is 5.56 Å². The van der Waals surface area contributed by atoms with Crippen molar-refractivity contribution in [3.8, 4) is 0 Å². The summed E-state index contributed by atoms with van der Waals surface area (Å²) in [4.78, 5) is 11.9. The molecule has 1 aromatic carbocycles. The Morgan fingerprint density at radius 3 is 2.59 bits per heavy atom. The molecule has 1 aliphatic heterocycles. The topological polar surface area (TPSA) is 26.3 Å². The summed E-state index contributed by atoms with van der Waals surface area (Å²) in [5, 5.41) is 0. The summed E-state index contributed by atoms with van der Waals surface area (Å²) >= 11 is 0. The molecule has 90 valence electrons. The zero-order valence-electron chi connectivity index (χ0n) is 10.3. The van der Waals surface area contributed by atoms with Gasteiger partial charge >= 0.3 is 5.97 Å². The maximum atomic E-state index is 11.9. The minimum Gasteiger partial charge on any atom is -0.465 e. The van der Waals surface area contributed by atoms with Crippen LogP contribution in [0, 0.1) is 5.41 Å². The highest BCUT2D eigenvalue weighted by atomic mass is 16.5. The van der Waals surface area contributed by atoms with Crippen LogP contribution in [0.2, 0.25) is 0 Å². The molecule has 0 radical (unpaired) electrons. The van der Waals surface area contributed by atoms with Crippen molar-refractivity contribution in [1.82, 2.24) is 0 Å². The average Bonchev–Trinajstić information content (AvgIpc) is 2.68. The third-order valence-corrected chi connectivity index (χ3v) is 3.55. The zero-order valence-corrected chi connectivity index (χ0v) is 10.3. The third-order valence-electron chi connectivity index (χ3n) is 3.55. The number of esters is 1. The van der Waals surface area contributed by atoms with Crippen LogP contribution < -0.4 is 0 Å². The van der Waals surface area contributed by atoms with Crippen molar-refractivity contribution in [2.24, 2.45) is 5.41 Å². The molecule has 1 aliphatic rings. The molecule has 0 aliphatic carbocycles. The number of rotatable bonds is 3. The van der Waals surface area contributed by atoms with E-state index in [2.05, 4.69) is 18.2 Å². The van der Waals surface area contributed by atoms with E-state index in [-0.39, 0.29) is 11.9 Å². The summed E-state index contributed by atoms with van der Waals surface area (Å²) in [6.45, 7) is 4.52. The fourth-order valence-corrected chi connectivity index (χ4v) is 2.45. The van der Waals surface area contributed by atoms with Gasteiger partial charge in [0.25, 0.3) is 0 Å². The van der Waals surface area contributed by atoms with Gasteiger partial charge in [0.2, 0.25) is 0 Å². The molecule has 1 fully saturated rings. The first-order valence-electron chi connectivity index (χ1n) is 6.03. The third kappa shape index (κ3) is 2.12. The van der Waals surface area contributed by atoms with Crippen LogP contribution in [0.5, 0.6) is 0 Å². The second-order valence-electron chi connectivity index (χ2n) is 4.72. The maximum absolute atomic E-state index is 11.9. The first kappa shape index (κ1) is 11.9. The molecule has 1 heterocycles. The van der Waals surface area contributed by atoms with Gasteiger partial charge in [-0.3, -0.25) is 4.79 Å². The number of cyclic esters (lactones) is 1. The lowest BCUT2D eigenvalue weighted by atomic mass is 9.72. The highest BCUT2D eigenvalue weighted by Crippen LogP contribution is 2.44. The summed E-state index contributed by atoms with van der Waals surface area (Å²) in [6.07, 6.45) is 4.90. The van der Waals surface area contributed by atoms with E-state index < -0.39 is 5.41 Å². The van der Waals surface area contributed by atoms with Crippen molar-refractivity contribution in [3.63, 3.8) is 0 Å². The smallest absolute Gasteiger partial charge is 0.312 e. The minimum absolute atomic E-state index is 0.0792. The fraction of sp³-hybridized carbons (Fsp3) is 0.400. The number of carbonyl (C=O) groups excluding carboxylic acids is 1. The Balaban J connectivity index is 2.39. The van der Waals surface area contributed by atoms with Gasteiger partial charge in [0.1, 0.15) is 0 Å². The maximum Gasteiger partial charge on any atom is 0.312 e. The normalized spacial score (nSPS) is 26.1. The molecule has 0 N–H and O–H groups in total. The van der Waals surface area contributed by atoms with Crippen molar-refractivity contribution in [2.75, 3.05) is 6.61 Å². The molecule has 17 heavy (non-hydrogen) atoms. The molecule has 0 spiro atoms. The fourth-order valence-electron chi connectivity index (χ4n) is 2.45. The first-order chi connectivity index (χ1) is 8.18. The molecule has 2 unspecified atom stereocenters. The van der Waals surface area contributed by atoms with Gasteiger partial charge in [0.05, 0.1) is 12.0 Å². The van der Waals surface area contributed by atoms with E-state index in [4.69, 9.17) is 4.74 Å². The van der Waals surface area contributed by atoms with Crippen LogP contribution >= 0.6 is 0 Å². The number of hydrogen-bond donors (Lipinski definition) is 0. The van der Waals surface area contributed by atoms with Crippen molar-refractivity contribution in [1.29, 1.82) is 0 Å². The van der Waals surface area contributed by atoms with Gasteiger partial charge in [-0.05, 0) is 25.8 Å². The van der Waals surface area contributed by atoms with Gasteiger partial charge in [-0.2, -0.15) is 0 Å². The van der Waals surface area contributed by atoms with E-state index >= 15 is 0 Å². The number of hydrogen-bond acceptors (Lipinski definition) is 2. The second kappa shape index (κ2) is 4.74. The summed E-state index contributed by atoms with van der Waals surface area (Å²) < 4.78 is 5.14. The van der Waals surface area contributed by atoms with Crippen molar-refractivity contribution in [2.45, 2.75) is 26.2 Å². The van der Waals surface area contributed by atoms with Crippen LogP contribution in [-0.4, -0.2) is 12.6 Å². The van der Waals surface area contributed by atoms with Crippen LogP contribution in [0.15, 0.2) is 42.5 Å². The van der Waals surface area contributed by atoms with Crippen LogP contribution in [0.1, 0.15) is 31.7 Å². The van der Waals surface area contributed by atoms with E-state index in [9.17, 15) is 4.79 Å². The largest absolute Gasteiger partial charge is 0.465 e. The minimum atomic E-state index is -0.423. The van der Waals surface area contributed by atoms with Crippen molar-refractivity contribution < 1.29 is 9.53 Å². The molecular weight excluding hydrogens is 212 g/mol. The van der Waals surface area contributed by atoms with E-state index in [1.54, 1.807) is 0 Å². The number of ether oxygens (including phenoxy) is 1. The van der Waals surface area contributed by atoms with Crippen LogP contribution in [-0.2, 0) is 9.53 Å². The summed E-state index contributed by atoms with van der Waals surface area (Å²) in [7, 11) is 0. The van der Waals surface area contributed by atoms with E-state index in [1.807, 2.05) is 38.1 Å². The lowest BCUT2D eigenvalue weighted by Gasteiger charge is -2.28. The number of benzene rings is 1. The number of carbonyl (C=O) groups is 1. The Morgan fingerprint density at radius 2 is 2.06 bits per heavy atom. The number of allylic oxidation sites excluding steroid dienone is 2. The van der Waals surface area contributed by atoms with Gasteiger partial charge in [-0.15, -0.1) is 0 Å². The Labute approximate surface area is 102 Å². The van der Waals surface area contributed by atoms with Crippen molar-refractivity contribution >= 4 is 5.97 Å². The van der Waals surface area contributed by atoms with Crippen LogP contribution in [0.4, 0.5) is 0 Å². The summed E-state index contributed by atoms with van der Waals surface area (Å²) in [5.41, 5.74) is 0.750. The molecule has 1 saturated heterocycles. The van der Waals surface area contributed by atoms with E-state index in [0.29, 0.717) is 6.61 Å². The Kier molecular flexibility index (Phi) is 3.32. The average molecular weight is 230 g/mol. The van der Waals surface area contributed by atoms with Gasteiger partial charge in [-0.1, -0.05) is 42.5 Å². The molecule has 0 bridgehead atoms. The van der Waals surface area contributed by atoms with Crippen molar-refractivity contribution in [3.05, 3.63) is 48.0 Å². The summed E-state index contributed by atoms with van der Waals surface area (Å²) in [5.74, 6) is 0.0214. The zero-order chi connectivity index (χ0) is 12.3. The Morgan fingerprint density at radius 1 is 1.35 bits per heavy atom. The van der Waals surface area contributed by atoms with E-state index in [0.717, 1.165) is 6.42 Å². The lowest BCUT2D eigenvalue weighted by molar-refractivity contribution is -0.146. The molecular formula is C15H18O2. The standard InChI is InChI=1S/C15H18O2/c1-3-7-13(12-8-5-4-6-9-12)15(2)10-11-17-14(15)16/h3-9,13H,10-11H2,1-2H3/b7-3+. The quantitative estimate of drug-likeness (QED) is 0.588. The SMILES string of the molecule is C/C=C/C(c1ccccc1)C1(C)CCOC1=O. The highest BCUT2D eigenvalue weighted by Gasteiger charge is 2.45. The van der Waals surface area contributed by atoms with Gasteiger partial charge in [-0.25, -0.2) is 0 Å². The van der Waals surface area contributed by atoms with Gasteiger partial charge in [0, 0.05) is 5.92 Å².